The van der Waals surface area contributed by atoms with Crippen LogP contribution in [0, 0.1) is 0 Å². The van der Waals surface area contributed by atoms with E-state index in [4.69, 9.17) is 14.2 Å². The fraction of sp³-hybridized carbons (Fsp3) is 0.290. The van der Waals surface area contributed by atoms with Gasteiger partial charge < -0.3 is 29.6 Å². The Hall–Kier alpha value is -3.98. The number of H-pyrrole nitrogens is 1. The fourth-order valence-electron chi connectivity index (χ4n) is 4.81. The van der Waals surface area contributed by atoms with Crippen LogP contribution in [-0.2, 0) is 20.9 Å². The normalized spacial score (nSPS) is 16.9. The Balaban J connectivity index is 1.19. The van der Waals surface area contributed by atoms with Crippen LogP contribution in [0.1, 0.15) is 23.5 Å². The summed E-state index contributed by atoms with van der Waals surface area (Å²) < 4.78 is 17.3. The number of aromatic nitrogens is 1. The molecule has 8 nitrogen and oxygen atoms in total. The minimum Gasteiger partial charge on any atom is -0.490 e. The van der Waals surface area contributed by atoms with Crippen molar-refractivity contribution in [2.45, 2.75) is 25.0 Å². The van der Waals surface area contributed by atoms with Crippen molar-refractivity contribution in [2.24, 2.45) is 0 Å². The molecular formula is C31H32N2O6. The van der Waals surface area contributed by atoms with Gasteiger partial charge in [0, 0.05) is 10.9 Å². The number of nitrogens with one attached hydrogen (secondary N) is 2. The number of hydrogen-bond acceptors (Lipinski definition) is 6. The topological polar surface area (TPSA) is 110 Å². The Morgan fingerprint density at radius 1 is 0.846 bits per heavy atom. The Morgan fingerprint density at radius 3 is 2.44 bits per heavy atom. The molecule has 0 radical (unpaired) electrons. The number of benzene rings is 3. The maximum atomic E-state index is 13.1. The highest BCUT2D eigenvalue weighted by Crippen LogP contribution is 2.32. The predicted molar refractivity (Wildman–Crippen MR) is 149 cm³/mol. The molecule has 1 amide bonds. The summed E-state index contributed by atoms with van der Waals surface area (Å²) in [5, 5.41) is 13.4. The monoisotopic (exact) mass is 528 g/mol. The average Bonchev–Trinajstić information content (AvgIpc) is 3.35. The molecule has 202 valence electrons. The van der Waals surface area contributed by atoms with Crippen molar-refractivity contribution in [1.29, 1.82) is 0 Å². The molecule has 0 bridgehead atoms. The van der Waals surface area contributed by atoms with Gasteiger partial charge in [-0.2, -0.15) is 0 Å². The van der Waals surface area contributed by atoms with Gasteiger partial charge in [0.05, 0.1) is 50.7 Å². The lowest BCUT2D eigenvalue weighted by Gasteiger charge is -2.13. The first-order valence-electron chi connectivity index (χ1n) is 13.1. The van der Waals surface area contributed by atoms with Crippen molar-refractivity contribution in [1.82, 2.24) is 10.3 Å². The van der Waals surface area contributed by atoms with Crippen LogP contribution in [0.25, 0.3) is 22.0 Å². The molecule has 1 saturated heterocycles. The molecule has 1 aliphatic rings. The van der Waals surface area contributed by atoms with Crippen LogP contribution < -0.4 is 15.6 Å². The van der Waals surface area contributed by atoms with Crippen molar-refractivity contribution >= 4 is 16.7 Å². The number of rotatable bonds is 12. The Bertz CT molecular complexity index is 1470. The molecule has 2 heterocycles. The first kappa shape index (κ1) is 26.6. The molecule has 3 N–H and O–H groups in total. The van der Waals surface area contributed by atoms with Crippen molar-refractivity contribution < 1.29 is 24.1 Å². The summed E-state index contributed by atoms with van der Waals surface area (Å²) in [6.45, 7) is 2.19. The van der Waals surface area contributed by atoms with Gasteiger partial charge in [-0.05, 0) is 47.2 Å². The van der Waals surface area contributed by atoms with E-state index in [2.05, 4.69) is 10.3 Å². The molecule has 3 aromatic carbocycles. The van der Waals surface area contributed by atoms with Crippen LogP contribution >= 0.6 is 0 Å². The van der Waals surface area contributed by atoms with E-state index in [1.54, 1.807) is 6.07 Å². The summed E-state index contributed by atoms with van der Waals surface area (Å²) in [6.07, 6.45) is 0.506. The quantitative estimate of drug-likeness (QED) is 0.242. The van der Waals surface area contributed by atoms with Crippen molar-refractivity contribution in [3.63, 3.8) is 0 Å². The second kappa shape index (κ2) is 12.7. The molecule has 1 aliphatic heterocycles. The number of hydrogen-bond donors (Lipinski definition) is 3. The van der Waals surface area contributed by atoms with Crippen molar-refractivity contribution in [2.75, 3.05) is 33.0 Å². The highest BCUT2D eigenvalue weighted by molar-refractivity contribution is 5.90. The largest absolute Gasteiger partial charge is 0.490 e. The number of amides is 1. The van der Waals surface area contributed by atoms with Crippen molar-refractivity contribution in [3.8, 4) is 17.0 Å². The minimum absolute atomic E-state index is 0.101. The zero-order chi connectivity index (χ0) is 27.0. The zero-order valence-corrected chi connectivity index (χ0v) is 21.6. The van der Waals surface area contributed by atoms with E-state index in [0.717, 1.165) is 22.1 Å². The molecule has 1 fully saturated rings. The van der Waals surface area contributed by atoms with Gasteiger partial charge in [-0.3, -0.25) is 9.59 Å². The number of aromatic amines is 1. The standard InChI is InChI=1S/C31H32N2O6/c34-19-24-18-27(30(35)32-24)22-10-11-23-17-28(33-31(36)26(23)16-22)25-8-4-5-9-29(25)39-15-14-37-12-13-38-20-21-6-2-1-3-7-21/h1-11,16-17,24,27,34H,12-15,18-20H2,(H,32,35)(H,33,36)/t24?,27-/m1/s1. The number of aliphatic hydroxyl groups excluding tert-OH is 1. The van der Waals surface area contributed by atoms with Crippen LogP contribution in [-0.4, -0.2) is 55.1 Å². The SMILES string of the molecule is O=C1NC(CO)C[C@@H]1c1ccc2cc(-c3ccccc3OCCOCCOCc3ccccc3)[nH]c(=O)c2c1. The molecule has 5 rings (SSSR count). The predicted octanol–water partition coefficient (Wildman–Crippen LogP) is 3.77. The van der Waals surface area contributed by atoms with Crippen LogP contribution in [0.2, 0.25) is 0 Å². The van der Waals surface area contributed by atoms with Crippen LogP contribution in [0.4, 0.5) is 0 Å². The van der Waals surface area contributed by atoms with Gasteiger partial charge in [0.15, 0.2) is 0 Å². The van der Waals surface area contributed by atoms with E-state index in [1.165, 1.54) is 0 Å². The Labute approximate surface area is 226 Å². The molecule has 1 aromatic heterocycles. The molecule has 2 atom stereocenters. The maximum Gasteiger partial charge on any atom is 0.256 e. The number of carbonyl (C=O) groups is 1. The summed E-state index contributed by atoms with van der Waals surface area (Å²) in [4.78, 5) is 28.4. The number of fused-ring (bicyclic) bond motifs is 1. The summed E-state index contributed by atoms with van der Waals surface area (Å²) in [7, 11) is 0. The minimum atomic E-state index is -0.377. The highest BCUT2D eigenvalue weighted by Gasteiger charge is 2.32. The molecule has 0 spiro atoms. The number of carbonyl (C=O) groups excluding carboxylic acids is 1. The summed E-state index contributed by atoms with van der Waals surface area (Å²) in [6, 6.07) is 24.7. The van der Waals surface area contributed by atoms with Gasteiger partial charge in [-0.25, -0.2) is 0 Å². The van der Waals surface area contributed by atoms with Crippen LogP contribution in [0.5, 0.6) is 5.75 Å². The van der Waals surface area contributed by atoms with Gasteiger partial charge in [0.2, 0.25) is 5.91 Å². The van der Waals surface area contributed by atoms with Gasteiger partial charge in [0.1, 0.15) is 12.4 Å². The summed E-state index contributed by atoms with van der Waals surface area (Å²) in [5.74, 6) is 0.138. The molecule has 0 saturated carbocycles. The molecule has 1 unspecified atom stereocenters. The number of para-hydroxylation sites is 1. The molecular weight excluding hydrogens is 496 g/mol. The van der Waals surface area contributed by atoms with Crippen molar-refractivity contribution in [3.05, 3.63) is 100 Å². The molecule has 8 heteroatoms. The maximum absolute atomic E-state index is 13.1. The molecule has 39 heavy (non-hydrogen) atoms. The second-order valence-electron chi connectivity index (χ2n) is 9.53. The third kappa shape index (κ3) is 6.54. The van der Waals surface area contributed by atoms with E-state index in [1.807, 2.05) is 72.8 Å². The smallest absolute Gasteiger partial charge is 0.256 e. The van der Waals surface area contributed by atoms with Gasteiger partial charge in [0.25, 0.3) is 5.56 Å². The fourth-order valence-corrected chi connectivity index (χ4v) is 4.81. The lowest BCUT2D eigenvalue weighted by molar-refractivity contribution is -0.120. The van der Waals surface area contributed by atoms with Gasteiger partial charge in [-0.1, -0.05) is 54.6 Å². The number of aliphatic hydroxyl groups is 1. The van der Waals surface area contributed by atoms with Gasteiger partial charge >= 0.3 is 0 Å². The first-order chi connectivity index (χ1) is 19.1. The highest BCUT2D eigenvalue weighted by atomic mass is 16.5. The first-order valence-corrected chi connectivity index (χ1v) is 13.1. The van der Waals surface area contributed by atoms with E-state index in [0.29, 0.717) is 56.3 Å². The summed E-state index contributed by atoms with van der Waals surface area (Å²) >= 11 is 0. The third-order valence-corrected chi connectivity index (χ3v) is 6.82. The van der Waals surface area contributed by atoms with Crippen LogP contribution in [0.15, 0.2) is 83.7 Å². The van der Waals surface area contributed by atoms with E-state index in [9.17, 15) is 14.7 Å². The Kier molecular flexibility index (Phi) is 8.68. The zero-order valence-electron chi connectivity index (χ0n) is 21.6. The van der Waals surface area contributed by atoms with E-state index in [-0.39, 0.29) is 30.0 Å². The lowest BCUT2D eigenvalue weighted by atomic mass is 9.93. The Morgan fingerprint density at radius 2 is 1.62 bits per heavy atom. The van der Waals surface area contributed by atoms with E-state index < -0.39 is 0 Å². The number of pyridine rings is 1. The van der Waals surface area contributed by atoms with E-state index >= 15 is 0 Å². The lowest BCUT2D eigenvalue weighted by Crippen LogP contribution is -2.28. The molecule has 0 aliphatic carbocycles. The second-order valence-corrected chi connectivity index (χ2v) is 9.53. The average molecular weight is 529 g/mol. The number of ether oxygens (including phenoxy) is 3. The van der Waals surface area contributed by atoms with Gasteiger partial charge in [-0.15, -0.1) is 0 Å². The third-order valence-electron chi connectivity index (χ3n) is 6.82. The molecule has 4 aromatic rings. The summed E-state index contributed by atoms with van der Waals surface area (Å²) in [5.41, 5.74) is 3.07. The van der Waals surface area contributed by atoms with Crippen LogP contribution in [0.3, 0.4) is 0 Å².